The summed E-state index contributed by atoms with van der Waals surface area (Å²) in [7, 11) is -0.142. The fourth-order valence-corrected chi connectivity index (χ4v) is 4.70. The minimum absolute atomic E-state index is 0.673. The molecular formula is C14H34N2O3Si. The highest BCUT2D eigenvalue weighted by Gasteiger charge is 2.38. The molecule has 0 bridgehead atoms. The van der Waals surface area contributed by atoms with Crippen LogP contribution >= 0.6 is 0 Å². The Morgan fingerprint density at radius 1 is 0.900 bits per heavy atom. The summed E-state index contributed by atoms with van der Waals surface area (Å²) in [6.07, 6.45) is 1.05. The third kappa shape index (κ3) is 9.04. The number of rotatable bonds is 8. The van der Waals surface area contributed by atoms with Crippen LogP contribution in [0.4, 0.5) is 0 Å². The van der Waals surface area contributed by atoms with Crippen LogP contribution in [0.15, 0.2) is 0 Å². The number of hydrogen-bond donors (Lipinski definition) is 1. The van der Waals surface area contributed by atoms with E-state index in [0.29, 0.717) is 19.8 Å². The Morgan fingerprint density at radius 2 is 1.35 bits per heavy atom. The summed E-state index contributed by atoms with van der Waals surface area (Å²) in [4.78, 5) is 2.33. The van der Waals surface area contributed by atoms with E-state index >= 15 is 0 Å². The van der Waals surface area contributed by atoms with Gasteiger partial charge in [0.15, 0.2) is 0 Å². The maximum absolute atomic E-state index is 5.65. The average Bonchev–Trinajstić information content (AvgIpc) is 2.41. The van der Waals surface area contributed by atoms with Crippen molar-refractivity contribution in [2.24, 2.45) is 0 Å². The largest absolute Gasteiger partial charge is 0.500 e. The Morgan fingerprint density at radius 3 is 1.60 bits per heavy atom. The molecule has 1 N–H and O–H groups in total. The topological polar surface area (TPSA) is 43.0 Å². The lowest BCUT2D eigenvalue weighted by Crippen LogP contribution is -2.45. The number of piperazine rings is 1. The van der Waals surface area contributed by atoms with E-state index in [1.54, 1.807) is 0 Å². The van der Waals surface area contributed by atoms with E-state index in [9.17, 15) is 0 Å². The van der Waals surface area contributed by atoms with E-state index in [1.165, 1.54) is 13.1 Å². The highest BCUT2D eigenvalue weighted by atomic mass is 28.4. The molecule has 0 aromatic rings. The van der Waals surface area contributed by atoms with Gasteiger partial charge in [-0.3, -0.25) is 0 Å². The number of nitrogens with zero attached hydrogens (tertiary/aromatic N) is 1. The van der Waals surface area contributed by atoms with Crippen LogP contribution in [-0.2, 0) is 13.3 Å². The molecule has 1 heterocycles. The lowest BCUT2D eigenvalue weighted by molar-refractivity contribution is 0.0712. The van der Waals surface area contributed by atoms with E-state index in [1.807, 2.05) is 20.8 Å². The second-order valence-electron chi connectivity index (χ2n) is 4.79. The first-order valence-electron chi connectivity index (χ1n) is 7.95. The van der Waals surface area contributed by atoms with Crippen LogP contribution < -0.4 is 5.32 Å². The molecule has 122 valence electrons. The molecule has 0 atom stereocenters. The molecule has 1 aliphatic rings. The second kappa shape index (κ2) is 12.7. The molecule has 1 aliphatic heterocycles. The maximum Gasteiger partial charge on any atom is 0.500 e. The minimum atomic E-state index is -2.30. The van der Waals surface area contributed by atoms with Crippen molar-refractivity contribution in [2.45, 2.75) is 40.2 Å². The van der Waals surface area contributed by atoms with Crippen LogP contribution in [0, 0.1) is 0 Å². The summed E-state index contributed by atoms with van der Waals surface area (Å²) < 4.78 is 16.9. The summed E-state index contributed by atoms with van der Waals surface area (Å²) in [5, 5.41) is 3.27. The Kier molecular flexibility index (Phi) is 12.7. The van der Waals surface area contributed by atoms with Gasteiger partial charge in [0.1, 0.15) is 0 Å². The van der Waals surface area contributed by atoms with Gasteiger partial charge >= 0.3 is 8.80 Å². The van der Waals surface area contributed by atoms with Gasteiger partial charge in [-0.1, -0.05) is 13.3 Å². The maximum atomic E-state index is 5.65. The van der Waals surface area contributed by atoms with Gasteiger partial charge in [0, 0.05) is 52.0 Å². The molecule has 1 rings (SSSR count). The van der Waals surface area contributed by atoms with E-state index in [4.69, 9.17) is 13.3 Å². The van der Waals surface area contributed by atoms with Crippen LogP contribution in [0.25, 0.3) is 0 Å². The van der Waals surface area contributed by atoms with Gasteiger partial charge < -0.3 is 23.5 Å². The first kappa shape index (κ1) is 20.0. The van der Waals surface area contributed by atoms with Crippen LogP contribution in [-0.4, -0.2) is 66.8 Å². The Labute approximate surface area is 126 Å². The van der Waals surface area contributed by atoms with Crippen molar-refractivity contribution in [3.63, 3.8) is 0 Å². The average molecular weight is 307 g/mol. The number of nitrogens with one attached hydrogen (secondary N) is 1. The zero-order valence-corrected chi connectivity index (χ0v) is 15.0. The molecule has 1 saturated heterocycles. The summed E-state index contributed by atoms with van der Waals surface area (Å²) in [5.41, 5.74) is 0. The molecule has 0 spiro atoms. The zero-order chi connectivity index (χ0) is 15.3. The molecule has 5 nitrogen and oxygen atoms in total. The molecule has 0 amide bonds. The third-order valence-corrected chi connectivity index (χ3v) is 6.29. The number of hydrogen-bond acceptors (Lipinski definition) is 5. The van der Waals surface area contributed by atoms with Crippen LogP contribution in [0.5, 0.6) is 0 Å². The van der Waals surface area contributed by atoms with Gasteiger partial charge in [0.25, 0.3) is 0 Å². The van der Waals surface area contributed by atoms with Crippen molar-refractivity contribution in [1.82, 2.24) is 10.2 Å². The predicted molar refractivity (Wildman–Crippen MR) is 86.1 cm³/mol. The molecule has 1 fully saturated rings. The monoisotopic (exact) mass is 306 g/mol. The Balaban J connectivity index is 0.000000428. The molecule has 0 aromatic heterocycles. The normalized spacial score (nSPS) is 16.6. The van der Waals surface area contributed by atoms with Crippen molar-refractivity contribution in [3.8, 4) is 0 Å². The standard InChI is InChI=1S/C9H22O3Si.C5H12N2/c1-5-9-13(10-6-2,11-7-3)12-8-4;1-7-4-2-6-3-5-7/h5-9H2,1-4H3;6H,2-5H2,1H3. The van der Waals surface area contributed by atoms with Crippen LogP contribution in [0.2, 0.25) is 6.04 Å². The summed E-state index contributed by atoms with van der Waals surface area (Å²) in [6.45, 7) is 14.8. The van der Waals surface area contributed by atoms with Crippen LogP contribution in [0.1, 0.15) is 34.1 Å². The summed E-state index contributed by atoms with van der Waals surface area (Å²) >= 11 is 0. The van der Waals surface area contributed by atoms with E-state index in [-0.39, 0.29) is 0 Å². The van der Waals surface area contributed by atoms with Gasteiger partial charge in [-0.15, -0.1) is 0 Å². The molecule has 0 unspecified atom stereocenters. The molecule has 0 aliphatic carbocycles. The zero-order valence-electron chi connectivity index (χ0n) is 14.0. The van der Waals surface area contributed by atoms with Gasteiger partial charge in [-0.05, 0) is 27.8 Å². The van der Waals surface area contributed by atoms with Gasteiger partial charge in [0.05, 0.1) is 0 Å². The lowest BCUT2D eigenvalue weighted by Gasteiger charge is -2.27. The predicted octanol–water partition coefficient (Wildman–Crippen LogP) is 1.97. The van der Waals surface area contributed by atoms with Gasteiger partial charge in [0.2, 0.25) is 0 Å². The molecule has 0 radical (unpaired) electrons. The number of likely N-dealkylation sites (N-methyl/N-ethyl adjacent to an activating group) is 1. The molecular weight excluding hydrogens is 272 g/mol. The molecule has 6 heteroatoms. The second-order valence-corrected chi connectivity index (χ2v) is 7.52. The third-order valence-electron chi connectivity index (χ3n) is 2.99. The molecule has 0 saturated carbocycles. The SMILES string of the molecule is CCC[Si](OCC)(OCC)OCC.CN1CCNCC1. The van der Waals surface area contributed by atoms with Crippen molar-refractivity contribution in [2.75, 3.05) is 53.0 Å². The van der Waals surface area contributed by atoms with E-state index in [2.05, 4.69) is 24.2 Å². The van der Waals surface area contributed by atoms with E-state index < -0.39 is 8.80 Å². The first-order chi connectivity index (χ1) is 9.64. The van der Waals surface area contributed by atoms with Gasteiger partial charge in [-0.2, -0.15) is 0 Å². The lowest BCUT2D eigenvalue weighted by atomic mass is 10.4. The van der Waals surface area contributed by atoms with Crippen molar-refractivity contribution >= 4 is 8.80 Å². The smallest absolute Gasteiger partial charge is 0.374 e. The minimum Gasteiger partial charge on any atom is -0.374 e. The fraction of sp³-hybridized carbons (Fsp3) is 1.00. The summed E-state index contributed by atoms with van der Waals surface area (Å²) in [5.74, 6) is 0. The molecule has 0 aromatic carbocycles. The quantitative estimate of drug-likeness (QED) is 0.695. The summed E-state index contributed by atoms with van der Waals surface area (Å²) in [6, 6.07) is 0.919. The van der Waals surface area contributed by atoms with Gasteiger partial charge in [-0.25, -0.2) is 0 Å². The molecule has 20 heavy (non-hydrogen) atoms. The van der Waals surface area contributed by atoms with E-state index in [0.717, 1.165) is 25.6 Å². The fourth-order valence-electron chi connectivity index (χ4n) is 2.08. The Bertz CT molecular complexity index is 185. The van der Waals surface area contributed by atoms with Crippen molar-refractivity contribution in [1.29, 1.82) is 0 Å². The van der Waals surface area contributed by atoms with Crippen molar-refractivity contribution < 1.29 is 13.3 Å². The first-order valence-corrected chi connectivity index (χ1v) is 9.88. The van der Waals surface area contributed by atoms with Crippen molar-refractivity contribution in [3.05, 3.63) is 0 Å². The Hall–Kier alpha value is 0.0169. The highest BCUT2D eigenvalue weighted by molar-refractivity contribution is 6.60. The van der Waals surface area contributed by atoms with Crippen LogP contribution in [0.3, 0.4) is 0 Å². The highest BCUT2D eigenvalue weighted by Crippen LogP contribution is 2.17.